The lowest BCUT2D eigenvalue weighted by Crippen LogP contribution is -2.43. The van der Waals surface area contributed by atoms with Crippen molar-refractivity contribution in [2.75, 3.05) is 32.8 Å². The minimum atomic E-state index is -0.238. The molecule has 4 aromatic heterocycles. The van der Waals surface area contributed by atoms with Gasteiger partial charge in [-0.3, -0.25) is 9.69 Å². The average Bonchev–Trinajstić information content (AvgIpc) is 3.56. The van der Waals surface area contributed by atoms with Crippen LogP contribution < -0.4 is 5.32 Å². The molecule has 1 unspecified atom stereocenters. The summed E-state index contributed by atoms with van der Waals surface area (Å²) in [5.74, 6) is 1.97. The first-order valence-corrected chi connectivity index (χ1v) is 10.6. The molecule has 9 heteroatoms. The highest BCUT2D eigenvalue weighted by molar-refractivity contribution is 6.06. The smallest absolute Gasteiger partial charge is 0.259 e. The fraction of sp³-hybridized carbons (Fsp3) is 0.348. The number of hydrogen-bond donors (Lipinski definition) is 1. The third-order valence-corrected chi connectivity index (χ3v) is 5.67. The van der Waals surface area contributed by atoms with Crippen LogP contribution in [0.25, 0.3) is 22.6 Å². The molecule has 0 radical (unpaired) electrons. The molecule has 0 aliphatic carbocycles. The molecule has 1 amide bonds. The van der Waals surface area contributed by atoms with Gasteiger partial charge in [-0.25, -0.2) is 4.98 Å². The van der Waals surface area contributed by atoms with Gasteiger partial charge < -0.3 is 23.4 Å². The highest BCUT2D eigenvalue weighted by Crippen LogP contribution is 2.28. The van der Waals surface area contributed by atoms with Crippen LogP contribution in [0.2, 0.25) is 0 Å². The van der Waals surface area contributed by atoms with Gasteiger partial charge in [-0.2, -0.15) is 0 Å². The van der Waals surface area contributed by atoms with Crippen LogP contribution in [0.4, 0.5) is 0 Å². The number of aromatic nitrogens is 2. The van der Waals surface area contributed by atoms with Gasteiger partial charge in [0.05, 0.1) is 42.2 Å². The maximum absolute atomic E-state index is 13.3. The van der Waals surface area contributed by atoms with E-state index in [4.69, 9.17) is 18.1 Å². The summed E-state index contributed by atoms with van der Waals surface area (Å²) in [5, 5.41) is 7.66. The maximum atomic E-state index is 13.3. The van der Waals surface area contributed by atoms with E-state index in [2.05, 4.69) is 20.4 Å². The number of rotatable bonds is 6. The predicted octanol–water partition coefficient (Wildman–Crippen LogP) is 3.50. The number of morpholine rings is 1. The molecule has 32 heavy (non-hydrogen) atoms. The molecule has 1 fully saturated rings. The molecular formula is C23H24N4O5. The number of pyridine rings is 1. The second-order valence-electron chi connectivity index (χ2n) is 7.80. The normalized spacial score (nSPS) is 15.8. The molecule has 4 aromatic rings. The highest BCUT2D eigenvalue weighted by atomic mass is 16.5. The van der Waals surface area contributed by atoms with Crippen molar-refractivity contribution in [1.82, 2.24) is 20.4 Å². The zero-order valence-electron chi connectivity index (χ0n) is 18.0. The maximum Gasteiger partial charge on any atom is 0.259 e. The van der Waals surface area contributed by atoms with Crippen molar-refractivity contribution in [3.05, 3.63) is 59.4 Å². The van der Waals surface area contributed by atoms with Crippen molar-refractivity contribution in [3.8, 4) is 11.5 Å². The van der Waals surface area contributed by atoms with Crippen molar-refractivity contribution >= 4 is 17.0 Å². The summed E-state index contributed by atoms with van der Waals surface area (Å²) >= 11 is 0. The van der Waals surface area contributed by atoms with Crippen molar-refractivity contribution in [2.45, 2.75) is 19.9 Å². The summed E-state index contributed by atoms with van der Waals surface area (Å²) in [5.41, 5.74) is 1.86. The van der Waals surface area contributed by atoms with Gasteiger partial charge in [0, 0.05) is 19.6 Å². The van der Waals surface area contributed by atoms with E-state index in [1.165, 1.54) is 0 Å². The molecule has 1 N–H and O–H groups in total. The van der Waals surface area contributed by atoms with Crippen molar-refractivity contribution in [2.24, 2.45) is 0 Å². The summed E-state index contributed by atoms with van der Waals surface area (Å²) in [6, 6.07) is 9.07. The van der Waals surface area contributed by atoms with Crippen molar-refractivity contribution < 1.29 is 22.9 Å². The minimum absolute atomic E-state index is 0.0954. The second-order valence-corrected chi connectivity index (χ2v) is 7.80. The summed E-state index contributed by atoms with van der Waals surface area (Å²) in [4.78, 5) is 20.1. The van der Waals surface area contributed by atoms with Crippen molar-refractivity contribution in [3.63, 3.8) is 0 Å². The van der Waals surface area contributed by atoms with E-state index in [9.17, 15) is 4.79 Å². The van der Waals surface area contributed by atoms with E-state index in [1.54, 1.807) is 31.4 Å². The lowest BCUT2D eigenvalue weighted by molar-refractivity contribution is 0.0117. The Labute approximate surface area is 184 Å². The topological polar surface area (TPSA) is 107 Å². The van der Waals surface area contributed by atoms with Crippen LogP contribution in [0.3, 0.4) is 0 Å². The van der Waals surface area contributed by atoms with Crippen LogP contribution >= 0.6 is 0 Å². The highest BCUT2D eigenvalue weighted by Gasteiger charge is 2.27. The molecule has 0 saturated carbocycles. The summed E-state index contributed by atoms with van der Waals surface area (Å²) in [6.07, 6.45) is 1.56. The van der Waals surface area contributed by atoms with Crippen LogP contribution in [0, 0.1) is 13.8 Å². The van der Waals surface area contributed by atoms with Crippen LogP contribution in [0.1, 0.15) is 33.6 Å². The van der Waals surface area contributed by atoms with Crippen molar-refractivity contribution in [1.29, 1.82) is 0 Å². The summed E-state index contributed by atoms with van der Waals surface area (Å²) in [6.45, 7) is 6.94. The minimum Gasteiger partial charge on any atom is -0.465 e. The molecular weight excluding hydrogens is 412 g/mol. The van der Waals surface area contributed by atoms with Gasteiger partial charge in [0.2, 0.25) is 0 Å². The number of hydrogen-bond acceptors (Lipinski definition) is 8. The number of nitrogens with one attached hydrogen (secondary N) is 1. The van der Waals surface area contributed by atoms with Crippen LogP contribution in [0.5, 0.6) is 0 Å². The average molecular weight is 436 g/mol. The van der Waals surface area contributed by atoms with Gasteiger partial charge in [-0.05, 0) is 44.2 Å². The lowest BCUT2D eigenvalue weighted by atomic mass is 10.1. The zero-order valence-corrected chi connectivity index (χ0v) is 18.0. The fourth-order valence-electron chi connectivity index (χ4n) is 4.04. The Morgan fingerprint density at radius 1 is 1.22 bits per heavy atom. The Balaban J connectivity index is 1.44. The number of fused-ring (bicyclic) bond motifs is 1. The first-order valence-electron chi connectivity index (χ1n) is 10.6. The molecule has 1 aliphatic rings. The number of furan rings is 2. The Hall–Kier alpha value is -3.43. The van der Waals surface area contributed by atoms with Crippen LogP contribution in [0.15, 0.2) is 50.0 Å². The third kappa shape index (κ3) is 3.92. The van der Waals surface area contributed by atoms with E-state index >= 15 is 0 Å². The molecule has 0 bridgehead atoms. The Morgan fingerprint density at radius 3 is 2.78 bits per heavy atom. The number of nitrogens with zero attached hydrogens (tertiary/aromatic N) is 3. The first-order chi connectivity index (χ1) is 15.6. The predicted molar refractivity (Wildman–Crippen MR) is 115 cm³/mol. The fourth-order valence-corrected chi connectivity index (χ4v) is 4.04. The number of aryl methyl sites for hydroxylation is 2. The molecule has 1 aliphatic heterocycles. The molecule has 166 valence electrons. The summed E-state index contributed by atoms with van der Waals surface area (Å²) < 4.78 is 22.2. The van der Waals surface area contributed by atoms with E-state index in [1.807, 2.05) is 19.1 Å². The van der Waals surface area contributed by atoms with Crippen LogP contribution in [-0.2, 0) is 4.74 Å². The van der Waals surface area contributed by atoms with E-state index < -0.39 is 0 Å². The molecule has 9 nitrogen and oxygen atoms in total. The number of ether oxygens (including phenoxy) is 1. The SMILES string of the molecule is Cc1ccc(C(CNC(=O)c2cc(-c3ccco3)nc3onc(C)c23)N2CCOCC2)o1. The van der Waals surface area contributed by atoms with E-state index in [0.717, 1.165) is 24.6 Å². The molecule has 0 spiro atoms. The molecule has 5 rings (SSSR count). The number of amides is 1. The monoisotopic (exact) mass is 436 g/mol. The van der Waals surface area contributed by atoms with E-state index in [-0.39, 0.29) is 11.9 Å². The van der Waals surface area contributed by atoms with E-state index in [0.29, 0.717) is 53.6 Å². The van der Waals surface area contributed by atoms with Gasteiger partial charge in [0.15, 0.2) is 5.76 Å². The number of carbonyl (C=O) groups excluding carboxylic acids is 1. The van der Waals surface area contributed by atoms with Gasteiger partial charge in [0.25, 0.3) is 11.6 Å². The second kappa shape index (κ2) is 8.60. The Bertz CT molecular complexity index is 1220. The third-order valence-electron chi connectivity index (χ3n) is 5.67. The van der Waals surface area contributed by atoms with Crippen LogP contribution in [-0.4, -0.2) is 53.8 Å². The largest absolute Gasteiger partial charge is 0.465 e. The molecule has 1 saturated heterocycles. The standard InChI is InChI=1S/C23H24N4O5/c1-14-5-6-20(31-14)18(27-7-10-29-11-8-27)13-24-22(28)16-12-17(19-4-3-9-30-19)25-23-21(16)15(2)26-32-23/h3-6,9,12,18H,7-8,10-11,13H2,1-2H3,(H,24,28). The Morgan fingerprint density at radius 2 is 2.06 bits per heavy atom. The van der Waals surface area contributed by atoms with Gasteiger partial charge in [-0.15, -0.1) is 0 Å². The van der Waals surface area contributed by atoms with Gasteiger partial charge in [-0.1, -0.05) is 5.16 Å². The zero-order chi connectivity index (χ0) is 22.1. The van der Waals surface area contributed by atoms with Gasteiger partial charge in [0.1, 0.15) is 17.2 Å². The molecule has 5 heterocycles. The number of carbonyl (C=O) groups is 1. The molecule has 0 aromatic carbocycles. The molecule has 1 atom stereocenters. The lowest BCUT2D eigenvalue weighted by Gasteiger charge is -2.33. The first kappa shape index (κ1) is 20.5. The quantitative estimate of drug-likeness (QED) is 0.489. The van der Waals surface area contributed by atoms with Gasteiger partial charge >= 0.3 is 0 Å². The Kier molecular flexibility index (Phi) is 5.50. The summed E-state index contributed by atoms with van der Waals surface area (Å²) in [7, 11) is 0.